The highest BCUT2D eigenvalue weighted by atomic mass is 16.5. The molecule has 0 spiro atoms. The molecule has 0 aliphatic rings. The van der Waals surface area contributed by atoms with Crippen LogP contribution in [0, 0.1) is 5.92 Å². The van der Waals surface area contributed by atoms with Crippen molar-refractivity contribution in [2.24, 2.45) is 5.92 Å². The van der Waals surface area contributed by atoms with E-state index in [2.05, 4.69) is 19.2 Å². The van der Waals surface area contributed by atoms with Crippen molar-refractivity contribution in [2.45, 2.75) is 58.9 Å². The van der Waals surface area contributed by atoms with Gasteiger partial charge in [-0.15, -0.1) is 0 Å². The van der Waals surface area contributed by atoms with Crippen LogP contribution in [0.25, 0.3) is 0 Å². The molecule has 4 heteroatoms. The van der Waals surface area contributed by atoms with Crippen LogP contribution in [-0.4, -0.2) is 38.4 Å². The molecule has 2 unspecified atom stereocenters. The summed E-state index contributed by atoms with van der Waals surface area (Å²) in [6.45, 7) is 10.0. The molecule has 0 amide bonds. The summed E-state index contributed by atoms with van der Waals surface area (Å²) in [5.74, 6) is 0.433. The van der Waals surface area contributed by atoms with E-state index in [1.165, 1.54) is 12.8 Å². The van der Waals surface area contributed by atoms with Gasteiger partial charge in [0.05, 0.1) is 6.61 Å². The summed E-state index contributed by atoms with van der Waals surface area (Å²) in [6.07, 6.45) is 3.99. The first kappa shape index (κ1) is 18.4. The average molecular weight is 273 g/mol. The number of rotatable bonds is 11. The number of likely N-dealkylation sites (N-methyl/N-ethyl adjacent to an activating group) is 1. The molecule has 2 atom stereocenters. The van der Waals surface area contributed by atoms with Crippen LogP contribution in [0.4, 0.5) is 0 Å². The van der Waals surface area contributed by atoms with Gasteiger partial charge in [0.15, 0.2) is 0 Å². The fraction of sp³-hybridized carbons (Fsp3) is 0.933. The predicted molar refractivity (Wildman–Crippen MR) is 78.2 cm³/mol. The second kappa shape index (κ2) is 10.2. The first-order valence-electron chi connectivity index (χ1n) is 7.44. The van der Waals surface area contributed by atoms with Crippen LogP contribution in [0.5, 0.6) is 0 Å². The molecule has 0 bridgehead atoms. The summed E-state index contributed by atoms with van der Waals surface area (Å²) < 4.78 is 10.7. The zero-order chi connectivity index (χ0) is 14.7. The van der Waals surface area contributed by atoms with Gasteiger partial charge < -0.3 is 14.8 Å². The Morgan fingerprint density at radius 3 is 2.58 bits per heavy atom. The van der Waals surface area contributed by atoms with Crippen molar-refractivity contribution >= 4 is 5.97 Å². The first-order chi connectivity index (χ1) is 9.00. The molecule has 0 aromatic carbocycles. The van der Waals surface area contributed by atoms with Crippen LogP contribution in [-0.2, 0) is 14.3 Å². The molecule has 0 aliphatic carbocycles. The van der Waals surface area contributed by atoms with Crippen molar-refractivity contribution in [3.63, 3.8) is 0 Å². The molecular weight excluding hydrogens is 242 g/mol. The van der Waals surface area contributed by atoms with Crippen LogP contribution in [0.3, 0.4) is 0 Å². The quantitative estimate of drug-likeness (QED) is 0.464. The van der Waals surface area contributed by atoms with Crippen LogP contribution in [0.15, 0.2) is 0 Å². The average Bonchev–Trinajstić information content (AvgIpc) is 2.38. The maximum atomic E-state index is 11.8. The molecule has 0 heterocycles. The van der Waals surface area contributed by atoms with Gasteiger partial charge in [0, 0.05) is 13.2 Å². The number of carbonyl (C=O) groups excluding carboxylic acids is 1. The molecule has 1 N–H and O–H groups in total. The van der Waals surface area contributed by atoms with E-state index in [0.29, 0.717) is 19.1 Å². The van der Waals surface area contributed by atoms with Crippen LogP contribution >= 0.6 is 0 Å². The van der Waals surface area contributed by atoms with Crippen LogP contribution in [0.1, 0.15) is 53.4 Å². The molecule has 4 nitrogen and oxygen atoms in total. The Morgan fingerprint density at radius 1 is 1.37 bits per heavy atom. The number of hydrogen-bond acceptors (Lipinski definition) is 4. The number of esters is 1. The summed E-state index contributed by atoms with van der Waals surface area (Å²) >= 11 is 0. The van der Waals surface area contributed by atoms with Crippen molar-refractivity contribution in [1.82, 2.24) is 5.32 Å². The van der Waals surface area contributed by atoms with Crippen LogP contribution < -0.4 is 5.32 Å². The lowest BCUT2D eigenvalue weighted by Crippen LogP contribution is -2.48. The molecule has 19 heavy (non-hydrogen) atoms. The highest BCUT2D eigenvalue weighted by Crippen LogP contribution is 2.14. The third-order valence-corrected chi connectivity index (χ3v) is 3.43. The third-order valence-electron chi connectivity index (χ3n) is 3.43. The number of carbonyl (C=O) groups is 1. The first-order valence-corrected chi connectivity index (χ1v) is 7.44. The zero-order valence-electron chi connectivity index (χ0n) is 13.3. The van der Waals surface area contributed by atoms with Gasteiger partial charge in [0.25, 0.3) is 0 Å². The van der Waals surface area contributed by atoms with E-state index >= 15 is 0 Å². The molecule has 0 aromatic heterocycles. The Morgan fingerprint density at radius 2 is 2.05 bits per heavy atom. The second-order valence-corrected chi connectivity index (χ2v) is 5.37. The molecule has 0 rings (SSSR count). The molecule has 0 aliphatic heterocycles. The monoisotopic (exact) mass is 273 g/mol. The molecule has 0 fully saturated rings. The fourth-order valence-electron chi connectivity index (χ4n) is 2.01. The SMILES string of the molecule is CCCC(C)COCCCC(C)(NC)C(=O)OCC. The van der Waals surface area contributed by atoms with Gasteiger partial charge in [-0.3, -0.25) is 4.79 Å². The van der Waals surface area contributed by atoms with Gasteiger partial charge in [0.2, 0.25) is 0 Å². The summed E-state index contributed by atoms with van der Waals surface area (Å²) in [5.41, 5.74) is -0.603. The second-order valence-electron chi connectivity index (χ2n) is 5.37. The van der Waals surface area contributed by atoms with E-state index in [1.807, 2.05) is 13.8 Å². The smallest absolute Gasteiger partial charge is 0.326 e. The molecule has 114 valence electrons. The van der Waals surface area contributed by atoms with E-state index in [1.54, 1.807) is 7.05 Å². The van der Waals surface area contributed by atoms with E-state index in [-0.39, 0.29) is 5.97 Å². The van der Waals surface area contributed by atoms with Gasteiger partial charge in [-0.2, -0.15) is 0 Å². The van der Waals surface area contributed by atoms with Crippen molar-refractivity contribution in [3.05, 3.63) is 0 Å². The lowest BCUT2D eigenvalue weighted by Gasteiger charge is -2.26. The lowest BCUT2D eigenvalue weighted by molar-refractivity contribution is -0.150. The summed E-state index contributed by atoms with van der Waals surface area (Å²) in [4.78, 5) is 11.8. The number of ether oxygens (including phenoxy) is 2. The number of nitrogens with one attached hydrogen (secondary N) is 1. The van der Waals surface area contributed by atoms with Crippen LogP contribution in [0.2, 0.25) is 0 Å². The van der Waals surface area contributed by atoms with E-state index < -0.39 is 5.54 Å². The van der Waals surface area contributed by atoms with Gasteiger partial charge in [-0.25, -0.2) is 0 Å². The summed E-state index contributed by atoms with van der Waals surface area (Å²) in [7, 11) is 1.79. The minimum atomic E-state index is -0.603. The maximum Gasteiger partial charge on any atom is 0.326 e. The molecule has 0 radical (unpaired) electrons. The molecule has 0 aromatic rings. The minimum absolute atomic E-state index is 0.183. The highest BCUT2D eigenvalue weighted by molar-refractivity contribution is 5.80. The fourth-order valence-corrected chi connectivity index (χ4v) is 2.01. The van der Waals surface area contributed by atoms with Gasteiger partial charge in [-0.1, -0.05) is 20.3 Å². The normalized spacial score (nSPS) is 15.8. The molecule has 0 saturated heterocycles. The zero-order valence-corrected chi connectivity index (χ0v) is 13.3. The van der Waals surface area contributed by atoms with Gasteiger partial charge in [0.1, 0.15) is 5.54 Å². The van der Waals surface area contributed by atoms with Crippen molar-refractivity contribution in [1.29, 1.82) is 0 Å². The predicted octanol–water partition coefficient (Wildman–Crippen LogP) is 2.76. The topological polar surface area (TPSA) is 47.6 Å². The van der Waals surface area contributed by atoms with E-state index in [4.69, 9.17) is 9.47 Å². The Hall–Kier alpha value is -0.610. The van der Waals surface area contributed by atoms with Gasteiger partial charge >= 0.3 is 5.97 Å². The van der Waals surface area contributed by atoms with Crippen molar-refractivity contribution < 1.29 is 14.3 Å². The highest BCUT2D eigenvalue weighted by Gasteiger charge is 2.32. The standard InChI is InChI=1S/C15H31NO3/c1-6-9-13(3)12-18-11-8-10-15(4,16-5)14(17)19-7-2/h13,16H,6-12H2,1-5H3. The summed E-state index contributed by atoms with van der Waals surface area (Å²) in [6, 6.07) is 0. The van der Waals surface area contributed by atoms with E-state index in [9.17, 15) is 4.79 Å². The van der Waals surface area contributed by atoms with Gasteiger partial charge in [-0.05, 0) is 46.1 Å². The number of hydrogen-bond donors (Lipinski definition) is 1. The molecular formula is C15H31NO3. The Labute approximate surface area is 118 Å². The summed E-state index contributed by atoms with van der Waals surface area (Å²) in [5, 5.41) is 3.05. The third kappa shape index (κ3) is 7.53. The van der Waals surface area contributed by atoms with Crippen molar-refractivity contribution in [2.75, 3.05) is 26.9 Å². The largest absolute Gasteiger partial charge is 0.465 e. The Bertz CT molecular complexity index is 246. The lowest BCUT2D eigenvalue weighted by atomic mass is 9.96. The van der Waals surface area contributed by atoms with E-state index in [0.717, 1.165) is 19.4 Å². The Kier molecular flexibility index (Phi) is 9.88. The maximum absolute atomic E-state index is 11.8. The van der Waals surface area contributed by atoms with Crippen molar-refractivity contribution in [3.8, 4) is 0 Å². The minimum Gasteiger partial charge on any atom is -0.465 e. The molecule has 0 saturated carbocycles. The Balaban J connectivity index is 3.86.